The molecule has 1 heterocycles. The molecule has 0 aliphatic rings. The second-order valence-corrected chi connectivity index (χ2v) is 8.29. The van der Waals surface area contributed by atoms with E-state index in [1.165, 1.54) is 33.2 Å². The van der Waals surface area contributed by atoms with Crippen molar-refractivity contribution < 1.29 is 0 Å². The number of aromatic nitrogens is 1. The topological polar surface area (TPSA) is 15.8 Å². The van der Waals surface area contributed by atoms with Gasteiger partial charge >= 0.3 is 0 Å². The minimum Gasteiger partial charge on any atom is -0.361 e. The van der Waals surface area contributed by atoms with Crippen molar-refractivity contribution in [3.8, 4) is 0 Å². The van der Waals surface area contributed by atoms with E-state index in [-0.39, 0.29) is 5.92 Å². The summed E-state index contributed by atoms with van der Waals surface area (Å²) >= 11 is 14.1. The van der Waals surface area contributed by atoms with Gasteiger partial charge in [0.2, 0.25) is 0 Å². The van der Waals surface area contributed by atoms with Crippen LogP contribution in [-0.2, 0) is 5.75 Å². The first kappa shape index (κ1) is 18.5. The summed E-state index contributed by atoms with van der Waals surface area (Å²) in [4.78, 5) is 3.52. The van der Waals surface area contributed by atoms with Gasteiger partial charge in [0.1, 0.15) is 0 Å². The molecule has 0 amide bonds. The Bertz CT molecular complexity index is 1010. The van der Waals surface area contributed by atoms with E-state index in [4.69, 9.17) is 23.2 Å². The molecule has 0 aliphatic carbocycles. The first-order valence-corrected chi connectivity index (χ1v) is 10.9. The van der Waals surface area contributed by atoms with Crippen LogP contribution in [0.4, 0.5) is 0 Å². The van der Waals surface area contributed by atoms with Gasteiger partial charge in [0.15, 0.2) is 0 Å². The third-order valence-corrected chi connectivity index (χ3v) is 5.95. The van der Waals surface area contributed by atoms with Gasteiger partial charge in [-0.2, -0.15) is 11.8 Å². The van der Waals surface area contributed by atoms with E-state index in [1.807, 2.05) is 36.0 Å². The maximum absolute atomic E-state index is 6.13. The maximum atomic E-state index is 6.13. The van der Waals surface area contributed by atoms with Gasteiger partial charge in [-0.3, -0.25) is 0 Å². The fraction of sp³-hybridized carbons (Fsp3) is 0.130. The summed E-state index contributed by atoms with van der Waals surface area (Å²) in [6.45, 7) is 0. The molecule has 1 nitrogen and oxygen atoms in total. The Morgan fingerprint density at radius 3 is 2.00 bits per heavy atom. The summed E-state index contributed by atoms with van der Waals surface area (Å²) in [5.41, 5.74) is 6.22. The maximum Gasteiger partial charge on any atom is 0.0498 e. The molecule has 0 saturated carbocycles. The number of benzene rings is 3. The number of hydrogen-bond donors (Lipinski definition) is 1. The standard InChI is InChI=1S/C23H19Cl2NS/c1-27-14-17-3-2-4-20-21(13-26-23(17)20)22(15-5-9-18(24)10-6-15)16-7-11-19(25)12-8-16/h2-13,22,26H,14H2,1H3. The zero-order valence-electron chi connectivity index (χ0n) is 14.9. The van der Waals surface area contributed by atoms with Crippen molar-refractivity contribution >= 4 is 45.9 Å². The van der Waals surface area contributed by atoms with Crippen LogP contribution in [0.25, 0.3) is 10.9 Å². The first-order chi connectivity index (χ1) is 13.2. The third kappa shape index (κ3) is 3.75. The molecule has 1 aromatic heterocycles. The molecule has 0 aliphatic heterocycles. The molecule has 27 heavy (non-hydrogen) atoms. The lowest BCUT2D eigenvalue weighted by Crippen LogP contribution is -2.02. The summed E-state index contributed by atoms with van der Waals surface area (Å²) in [7, 11) is 0. The monoisotopic (exact) mass is 411 g/mol. The molecule has 4 aromatic rings. The minimum atomic E-state index is 0.109. The summed E-state index contributed by atoms with van der Waals surface area (Å²) in [6.07, 6.45) is 4.27. The van der Waals surface area contributed by atoms with E-state index in [0.717, 1.165) is 15.8 Å². The summed E-state index contributed by atoms with van der Waals surface area (Å²) < 4.78 is 0. The first-order valence-electron chi connectivity index (χ1n) is 8.76. The molecular formula is C23H19Cl2NS. The van der Waals surface area contributed by atoms with Crippen LogP contribution in [0.15, 0.2) is 72.9 Å². The van der Waals surface area contributed by atoms with Gasteiger partial charge in [0, 0.05) is 38.8 Å². The summed E-state index contributed by atoms with van der Waals surface area (Å²) in [5, 5.41) is 2.75. The Kier molecular flexibility index (Phi) is 5.49. The molecule has 1 N–H and O–H groups in total. The highest BCUT2D eigenvalue weighted by molar-refractivity contribution is 7.97. The van der Waals surface area contributed by atoms with Crippen LogP contribution in [0.1, 0.15) is 28.2 Å². The molecule has 0 atom stereocenters. The quantitative estimate of drug-likeness (QED) is 0.358. The van der Waals surface area contributed by atoms with Gasteiger partial charge in [-0.1, -0.05) is 65.7 Å². The Hall–Kier alpha value is -1.87. The van der Waals surface area contributed by atoms with E-state index in [1.54, 1.807) is 0 Å². The van der Waals surface area contributed by atoms with Gasteiger partial charge < -0.3 is 4.98 Å². The van der Waals surface area contributed by atoms with Crippen LogP contribution in [0.3, 0.4) is 0 Å². The van der Waals surface area contributed by atoms with Gasteiger partial charge in [0.25, 0.3) is 0 Å². The lowest BCUT2D eigenvalue weighted by Gasteiger charge is -2.18. The Balaban J connectivity index is 1.91. The van der Waals surface area contributed by atoms with Crippen molar-refractivity contribution in [2.24, 2.45) is 0 Å². The molecule has 0 fully saturated rings. The van der Waals surface area contributed by atoms with E-state index < -0.39 is 0 Å². The van der Waals surface area contributed by atoms with Crippen molar-refractivity contribution in [2.75, 3.05) is 6.26 Å². The molecule has 0 spiro atoms. The number of hydrogen-bond acceptors (Lipinski definition) is 1. The van der Waals surface area contributed by atoms with Crippen LogP contribution >= 0.6 is 35.0 Å². The molecule has 4 heteroatoms. The highest BCUT2D eigenvalue weighted by Crippen LogP contribution is 2.38. The number of para-hydroxylation sites is 1. The summed E-state index contributed by atoms with van der Waals surface area (Å²) in [5.74, 6) is 1.10. The number of H-pyrrole nitrogens is 1. The summed E-state index contributed by atoms with van der Waals surface area (Å²) in [6, 6.07) is 22.8. The van der Waals surface area contributed by atoms with Crippen molar-refractivity contribution in [1.29, 1.82) is 0 Å². The van der Waals surface area contributed by atoms with Crippen LogP contribution < -0.4 is 0 Å². The molecule has 3 aromatic carbocycles. The normalized spacial score (nSPS) is 11.4. The lowest BCUT2D eigenvalue weighted by molar-refractivity contribution is 0.988. The van der Waals surface area contributed by atoms with Gasteiger partial charge in [-0.15, -0.1) is 0 Å². The molecular weight excluding hydrogens is 393 g/mol. The predicted octanol–water partition coefficient (Wildman–Crippen LogP) is 7.52. The fourth-order valence-corrected chi connectivity index (χ4v) is 4.42. The zero-order valence-corrected chi connectivity index (χ0v) is 17.2. The van der Waals surface area contributed by atoms with E-state index in [2.05, 4.69) is 59.9 Å². The number of rotatable bonds is 5. The number of nitrogens with one attached hydrogen (secondary N) is 1. The minimum absolute atomic E-state index is 0.109. The van der Waals surface area contributed by atoms with Crippen molar-refractivity contribution in [3.63, 3.8) is 0 Å². The number of fused-ring (bicyclic) bond motifs is 1. The van der Waals surface area contributed by atoms with Crippen molar-refractivity contribution in [3.05, 3.63) is 105 Å². The van der Waals surface area contributed by atoms with Crippen LogP contribution in [0.2, 0.25) is 10.0 Å². The number of halogens is 2. The van der Waals surface area contributed by atoms with Crippen molar-refractivity contribution in [2.45, 2.75) is 11.7 Å². The number of thioether (sulfide) groups is 1. The van der Waals surface area contributed by atoms with Crippen LogP contribution in [0.5, 0.6) is 0 Å². The molecule has 0 radical (unpaired) electrons. The highest BCUT2D eigenvalue weighted by Gasteiger charge is 2.21. The molecule has 0 bridgehead atoms. The molecule has 0 saturated heterocycles. The fourth-order valence-electron chi connectivity index (χ4n) is 3.62. The van der Waals surface area contributed by atoms with Gasteiger partial charge in [0.05, 0.1) is 0 Å². The van der Waals surface area contributed by atoms with E-state index >= 15 is 0 Å². The number of aromatic amines is 1. The van der Waals surface area contributed by atoms with Gasteiger partial charge in [-0.25, -0.2) is 0 Å². The Labute approximate surface area is 173 Å². The SMILES string of the molecule is CSCc1cccc2c(C(c3ccc(Cl)cc3)c3ccc(Cl)cc3)c[nH]c12. The van der Waals surface area contributed by atoms with E-state index in [0.29, 0.717) is 0 Å². The van der Waals surface area contributed by atoms with Crippen LogP contribution in [-0.4, -0.2) is 11.2 Å². The average molecular weight is 412 g/mol. The lowest BCUT2D eigenvalue weighted by atomic mass is 9.85. The Morgan fingerprint density at radius 2 is 1.44 bits per heavy atom. The molecule has 4 rings (SSSR count). The third-order valence-electron chi connectivity index (χ3n) is 4.85. The molecule has 0 unspecified atom stereocenters. The van der Waals surface area contributed by atoms with Crippen molar-refractivity contribution in [1.82, 2.24) is 4.98 Å². The molecule has 136 valence electrons. The van der Waals surface area contributed by atoms with Gasteiger partial charge in [-0.05, 0) is 52.8 Å². The highest BCUT2D eigenvalue weighted by atomic mass is 35.5. The zero-order chi connectivity index (χ0) is 18.8. The Morgan fingerprint density at radius 1 is 0.852 bits per heavy atom. The van der Waals surface area contributed by atoms with Crippen LogP contribution in [0, 0.1) is 0 Å². The van der Waals surface area contributed by atoms with E-state index in [9.17, 15) is 0 Å². The second-order valence-electron chi connectivity index (χ2n) is 6.55. The predicted molar refractivity (Wildman–Crippen MR) is 119 cm³/mol. The largest absolute Gasteiger partial charge is 0.361 e. The smallest absolute Gasteiger partial charge is 0.0498 e. The second kappa shape index (κ2) is 8.02. The average Bonchev–Trinajstić information content (AvgIpc) is 3.10.